The number of methoxy groups -OCH3 is 1. The van der Waals surface area contributed by atoms with Crippen molar-refractivity contribution in [3.8, 4) is 5.75 Å². The number of carbonyl (C=O) groups is 3. The summed E-state index contributed by atoms with van der Waals surface area (Å²) in [5.41, 5.74) is 1.92. The molecule has 2 aromatic carbocycles. The molecule has 144 valence electrons. The Balaban J connectivity index is 1.50. The average molecular weight is 380 g/mol. The van der Waals surface area contributed by atoms with Crippen molar-refractivity contribution in [3.05, 3.63) is 65.7 Å². The lowest BCUT2D eigenvalue weighted by Gasteiger charge is -2.53. The molecule has 3 unspecified atom stereocenters. The first kappa shape index (κ1) is 18.0. The molecule has 0 bridgehead atoms. The first-order chi connectivity index (χ1) is 13.6. The molecule has 2 aliphatic heterocycles. The van der Waals surface area contributed by atoms with E-state index in [1.807, 2.05) is 42.5 Å². The van der Waals surface area contributed by atoms with E-state index in [2.05, 4.69) is 5.32 Å². The summed E-state index contributed by atoms with van der Waals surface area (Å²) in [6.45, 7) is -0.192. The number of hydrogen-bond acceptors (Lipinski definition) is 5. The molecule has 1 saturated heterocycles. The molecular weight excluding hydrogens is 360 g/mol. The van der Waals surface area contributed by atoms with Crippen molar-refractivity contribution < 1.29 is 23.9 Å². The molecule has 0 aliphatic carbocycles. The van der Waals surface area contributed by atoms with Crippen LogP contribution in [-0.2, 0) is 25.5 Å². The predicted molar refractivity (Wildman–Crippen MR) is 99.4 cm³/mol. The van der Waals surface area contributed by atoms with Crippen LogP contribution in [0.3, 0.4) is 0 Å². The van der Waals surface area contributed by atoms with E-state index in [0.29, 0.717) is 12.2 Å². The number of para-hydroxylation sites is 1. The Kier molecular flexibility index (Phi) is 4.73. The Labute approximate surface area is 162 Å². The summed E-state index contributed by atoms with van der Waals surface area (Å²) in [6, 6.07) is 14.8. The van der Waals surface area contributed by atoms with Crippen LogP contribution < -0.4 is 10.1 Å². The molecule has 0 radical (unpaired) electrons. The first-order valence-electron chi connectivity index (χ1n) is 9.05. The van der Waals surface area contributed by atoms with Crippen LogP contribution in [0.4, 0.5) is 0 Å². The lowest BCUT2D eigenvalue weighted by molar-refractivity contribution is -0.170. The summed E-state index contributed by atoms with van der Waals surface area (Å²) < 4.78 is 10.3. The van der Waals surface area contributed by atoms with Crippen molar-refractivity contribution in [1.82, 2.24) is 10.2 Å². The van der Waals surface area contributed by atoms with E-state index in [1.54, 1.807) is 12.1 Å². The minimum absolute atomic E-state index is 0.192. The maximum absolute atomic E-state index is 12.7. The topological polar surface area (TPSA) is 84.9 Å². The van der Waals surface area contributed by atoms with E-state index < -0.39 is 18.1 Å². The number of fused-ring (bicyclic) bond motifs is 3. The van der Waals surface area contributed by atoms with Crippen LogP contribution in [0.25, 0.3) is 0 Å². The monoisotopic (exact) mass is 380 g/mol. The van der Waals surface area contributed by atoms with Crippen LogP contribution in [0.2, 0.25) is 0 Å². The molecule has 2 heterocycles. The lowest BCUT2D eigenvalue weighted by atomic mass is 9.78. The van der Waals surface area contributed by atoms with Gasteiger partial charge in [0.15, 0.2) is 6.61 Å². The zero-order chi connectivity index (χ0) is 19.7. The second kappa shape index (κ2) is 7.34. The number of amides is 2. The Morgan fingerprint density at radius 3 is 2.57 bits per heavy atom. The fraction of sp³-hybridized carbons (Fsp3) is 0.286. The van der Waals surface area contributed by atoms with Crippen molar-refractivity contribution in [3.63, 3.8) is 0 Å². The quantitative estimate of drug-likeness (QED) is 0.623. The van der Waals surface area contributed by atoms with Crippen molar-refractivity contribution in [1.29, 1.82) is 0 Å². The number of nitrogens with one attached hydrogen (secondary N) is 1. The third-order valence-electron chi connectivity index (χ3n) is 5.16. The summed E-state index contributed by atoms with van der Waals surface area (Å²) >= 11 is 0. The molecule has 4 rings (SSSR count). The van der Waals surface area contributed by atoms with Crippen LogP contribution >= 0.6 is 0 Å². The molecule has 3 atom stereocenters. The van der Waals surface area contributed by atoms with E-state index in [0.717, 1.165) is 11.1 Å². The van der Waals surface area contributed by atoms with Gasteiger partial charge in [-0.05, 0) is 23.3 Å². The van der Waals surface area contributed by atoms with Crippen LogP contribution in [-0.4, -0.2) is 48.5 Å². The van der Waals surface area contributed by atoms with Gasteiger partial charge in [-0.15, -0.1) is 0 Å². The summed E-state index contributed by atoms with van der Waals surface area (Å²) in [6.07, 6.45) is 0.406. The minimum Gasteiger partial charge on any atom is -0.484 e. The van der Waals surface area contributed by atoms with Gasteiger partial charge in [0, 0.05) is 6.42 Å². The first-order valence-corrected chi connectivity index (χ1v) is 9.05. The molecule has 1 fully saturated rings. The van der Waals surface area contributed by atoms with Gasteiger partial charge in [-0.25, -0.2) is 4.79 Å². The maximum Gasteiger partial charge on any atom is 0.328 e. The van der Waals surface area contributed by atoms with Crippen molar-refractivity contribution >= 4 is 17.8 Å². The van der Waals surface area contributed by atoms with Gasteiger partial charge < -0.3 is 19.7 Å². The van der Waals surface area contributed by atoms with E-state index >= 15 is 0 Å². The highest BCUT2D eigenvalue weighted by Crippen LogP contribution is 2.43. The second-order valence-electron chi connectivity index (χ2n) is 6.78. The third kappa shape index (κ3) is 3.09. The highest BCUT2D eigenvalue weighted by Gasteiger charge is 2.56. The number of hydrogen-bond donors (Lipinski definition) is 1. The Morgan fingerprint density at radius 2 is 1.82 bits per heavy atom. The van der Waals surface area contributed by atoms with Crippen molar-refractivity contribution in [2.45, 2.75) is 24.5 Å². The summed E-state index contributed by atoms with van der Waals surface area (Å²) in [7, 11) is 1.31. The number of β-lactam (4-membered cyclic amide) rings is 1. The normalized spacial score (nSPS) is 22.4. The van der Waals surface area contributed by atoms with Gasteiger partial charge >= 0.3 is 5.97 Å². The molecule has 1 N–H and O–H groups in total. The largest absolute Gasteiger partial charge is 0.484 e. The maximum atomic E-state index is 12.7. The van der Waals surface area contributed by atoms with Gasteiger partial charge in [0.25, 0.3) is 5.91 Å². The smallest absolute Gasteiger partial charge is 0.328 e. The number of rotatable bonds is 5. The number of esters is 1. The molecule has 2 aliphatic rings. The number of ether oxygens (including phenoxy) is 2. The van der Waals surface area contributed by atoms with Crippen LogP contribution in [0.15, 0.2) is 54.6 Å². The van der Waals surface area contributed by atoms with E-state index in [9.17, 15) is 14.4 Å². The Morgan fingerprint density at radius 1 is 1.11 bits per heavy atom. The highest BCUT2D eigenvalue weighted by atomic mass is 16.5. The van der Waals surface area contributed by atoms with Gasteiger partial charge in [-0.3, -0.25) is 9.59 Å². The van der Waals surface area contributed by atoms with Crippen molar-refractivity contribution in [2.75, 3.05) is 13.7 Å². The highest BCUT2D eigenvalue weighted by molar-refractivity contribution is 5.97. The fourth-order valence-electron chi connectivity index (χ4n) is 3.86. The summed E-state index contributed by atoms with van der Waals surface area (Å²) in [5, 5.41) is 2.75. The molecule has 28 heavy (non-hydrogen) atoms. The molecule has 0 aromatic heterocycles. The average Bonchev–Trinajstić information content (AvgIpc) is 2.74. The molecule has 7 heteroatoms. The molecule has 7 nitrogen and oxygen atoms in total. The summed E-state index contributed by atoms with van der Waals surface area (Å²) in [5.74, 6) is -0.555. The van der Waals surface area contributed by atoms with Crippen LogP contribution in [0.1, 0.15) is 17.2 Å². The van der Waals surface area contributed by atoms with Crippen LogP contribution in [0.5, 0.6) is 5.75 Å². The van der Waals surface area contributed by atoms with E-state index in [-0.39, 0.29) is 24.5 Å². The zero-order valence-corrected chi connectivity index (χ0v) is 15.3. The fourth-order valence-corrected chi connectivity index (χ4v) is 3.86. The van der Waals surface area contributed by atoms with Gasteiger partial charge in [0.1, 0.15) is 17.8 Å². The standard InChI is InChI=1S/C21H20N2O5/c1-27-21(26)16-11-13-7-5-6-10-15(13)19-18(20(25)23(16)19)22-17(24)12-28-14-8-3-2-4-9-14/h2-10,16,18-19H,11-12H2,1H3,(H,22,24). The Bertz CT molecular complexity index is 914. The van der Waals surface area contributed by atoms with Crippen LogP contribution in [0, 0.1) is 0 Å². The van der Waals surface area contributed by atoms with E-state index in [1.165, 1.54) is 12.0 Å². The molecular formula is C21H20N2O5. The molecule has 0 saturated carbocycles. The number of nitrogens with zero attached hydrogens (tertiary/aromatic N) is 1. The SMILES string of the molecule is COC(=O)C1Cc2ccccc2C2C(NC(=O)COc3ccccc3)C(=O)N12. The van der Waals surface area contributed by atoms with Gasteiger partial charge in [-0.1, -0.05) is 42.5 Å². The van der Waals surface area contributed by atoms with Gasteiger partial charge in [-0.2, -0.15) is 0 Å². The van der Waals surface area contributed by atoms with Crippen molar-refractivity contribution in [2.24, 2.45) is 0 Å². The van der Waals surface area contributed by atoms with E-state index in [4.69, 9.17) is 9.47 Å². The van der Waals surface area contributed by atoms with Gasteiger partial charge in [0.2, 0.25) is 5.91 Å². The second-order valence-corrected chi connectivity index (χ2v) is 6.78. The zero-order valence-electron chi connectivity index (χ0n) is 15.3. The number of carbonyl (C=O) groups excluding carboxylic acids is 3. The molecule has 2 amide bonds. The minimum atomic E-state index is -0.722. The summed E-state index contributed by atoms with van der Waals surface area (Å²) in [4.78, 5) is 38.7. The number of benzene rings is 2. The predicted octanol–water partition coefficient (Wildman–Crippen LogP) is 1.23. The third-order valence-corrected chi connectivity index (χ3v) is 5.16. The molecule has 0 spiro atoms. The van der Waals surface area contributed by atoms with Gasteiger partial charge in [0.05, 0.1) is 13.2 Å². The molecule has 2 aromatic rings. The lowest BCUT2D eigenvalue weighted by Crippen LogP contribution is -2.71. The Hall–Kier alpha value is -3.35.